The van der Waals surface area contributed by atoms with Crippen LogP contribution in [-0.2, 0) is 4.74 Å². The monoisotopic (exact) mass is 251 g/mol. The van der Waals surface area contributed by atoms with Crippen LogP contribution in [0, 0.1) is 0 Å². The van der Waals surface area contributed by atoms with Crippen molar-refractivity contribution in [3.05, 3.63) is 12.5 Å². The lowest BCUT2D eigenvalue weighted by Gasteiger charge is -2.12. The molecule has 2 aromatic heterocycles. The van der Waals surface area contributed by atoms with Crippen molar-refractivity contribution in [3.63, 3.8) is 0 Å². The van der Waals surface area contributed by atoms with Crippen LogP contribution in [0.25, 0.3) is 11.0 Å². The zero-order valence-corrected chi connectivity index (χ0v) is 9.47. The summed E-state index contributed by atoms with van der Waals surface area (Å²) in [4.78, 5) is 7.98. The van der Waals surface area contributed by atoms with Gasteiger partial charge in [0.15, 0.2) is 11.9 Å². The highest BCUT2D eigenvalue weighted by Crippen LogP contribution is 2.30. The van der Waals surface area contributed by atoms with E-state index in [2.05, 4.69) is 15.1 Å². The number of hydrogen-bond donors (Lipinski definition) is 3. The van der Waals surface area contributed by atoms with Crippen molar-refractivity contribution in [2.24, 2.45) is 0 Å². The van der Waals surface area contributed by atoms with E-state index in [1.54, 1.807) is 10.9 Å². The highest BCUT2D eigenvalue weighted by molar-refractivity contribution is 5.84. The topological polar surface area (TPSA) is 119 Å². The summed E-state index contributed by atoms with van der Waals surface area (Å²) in [5, 5.41) is 23.5. The molecular weight excluding hydrogens is 238 g/mol. The molecular formula is C10H13N5O3. The molecule has 0 spiro atoms. The molecule has 0 aliphatic carbocycles. The van der Waals surface area contributed by atoms with Crippen molar-refractivity contribution in [2.75, 3.05) is 12.3 Å². The number of nitrogen functional groups attached to an aromatic ring is 1. The molecule has 4 N–H and O–H groups in total. The third-order valence-electron chi connectivity index (χ3n) is 3.08. The van der Waals surface area contributed by atoms with Crippen LogP contribution >= 0.6 is 0 Å². The summed E-state index contributed by atoms with van der Waals surface area (Å²) in [6, 6.07) is 0. The van der Waals surface area contributed by atoms with Crippen LogP contribution in [0.1, 0.15) is 12.6 Å². The lowest BCUT2D eigenvalue weighted by molar-refractivity contribution is -0.0470. The number of rotatable bonds is 2. The lowest BCUT2D eigenvalue weighted by atomic mass is 10.2. The highest BCUT2D eigenvalue weighted by atomic mass is 16.5. The molecule has 3 heterocycles. The lowest BCUT2D eigenvalue weighted by Crippen LogP contribution is -2.24. The van der Waals surface area contributed by atoms with Gasteiger partial charge in [0, 0.05) is 6.42 Å². The number of nitrogens with two attached hydrogens (primary N) is 1. The third-order valence-corrected chi connectivity index (χ3v) is 3.08. The minimum atomic E-state index is -0.710. The minimum absolute atomic E-state index is 0.228. The van der Waals surface area contributed by atoms with Crippen LogP contribution in [0.4, 0.5) is 5.82 Å². The van der Waals surface area contributed by atoms with Crippen molar-refractivity contribution in [3.8, 4) is 0 Å². The van der Waals surface area contributed by atoms with Crippen molar-refractivity contribution in [1.29, 1.82) is 0 Å². The average molecular weight is 251 g/mol. The van der Waals surface area contributed by atoms with Gasteiger partial charge in [0.05, 0.1) is 24.3 Å². The number of aliphatic hydroxyl groups excluding tert-OH is 2. The summed E-state index contributed by atoms with van der Waals surface area (Å²) in [5.74, 6) is 0.350. The Morgan fingerprint density at radius 3 is 3.06 bits per heavy atom. The number of aliphatic hydroxyl groups is 2. The molecule has 3 rings (SSSR count). The van der Waals surface area contributed by atoms with Gasteiger partial charge in [0.25, 0.3) is 0 Å². The number of fused-ring (bicyclic) bond motifs is 1. The van der Waals surface area contributed by atoms with Crippen molar-refractivity contribution < 1.29 is 14.9 Å². The van der Waals surface area contributed by atoms with Gasteiger partial charge in [0.2, 0.25) is 0 Å². The molecule has 1 aliphatic heterocycles. The molecule has 0 aromatic carbocycles. The minimum Gasteiger partial charge on any atom is -0.394 e. The molecule has 0 radical (unpaired) electrons. The Morgan fingerprint density at radius 1 is 1.50 bits per heavy atom. The van der Waals surface area contributed by atoms with E-state index >= 15 is 0 Å². The Hall–Kier alpha value is -1.77. The van der Waals surface area contributed by atoms with Gasteiger partial charge < -0.3 is 20.7 Å². The van der Waals surface area contributed by atoms with Crippen LogP contribution in [0.5, 0.6) is 0 Å². The Kier molecular flexibility index (Phi) is 2.62. The van der Waals surface area contributed by atoms with E-state index in [0.29, 0.717) is 23.3 Å². The molecule has 0 saturated carbocycles. The van der Waals surface area contributed by atoms with Gasteiger partial charge in [-0.1, -0.05) is 0 Å². The first-order valence-corrected chi connectivity index (χ1v) is 5.58. The molecule has 8 nitrogen and oxygen atoms in total. The Morgan fingerprint density at radius 2 is 2.33 bits per heavy atom. The highest BCUT2D eigenvalue weighted by Gasteiger charge is 2.35. The van der Waals surface area contributed by atoms with E-state index in [9.17, 15) is 5.11 Å². The first-order valence-electron chi connectivity index (χ1n) is 5.58. The zero-order valence-electron chi connectivity index (χ0n) is 9.47. The standard InChI is InChI=1S/C10H13N5O3/c11-9-5-2-14-15(10(5)13-4-12-9)8-1-6(17)7(3-16)18-8/h2,4,6-8,16-17H,1,3H2,(H2,11,12,13)/t6-,7+,8-/m0/s1. The summed E-state index contributed by atoms with van der Waals surface area (Å²) in [6.07, 6.45) is 1.51. The fraction of sp³-hybridized carbons (Fsp3) is 0.500. The summed E-state index contributed by atoms with van der Waals surface area (Å²) in [7, 11) is 0. The SMILES string of the molecule is Nc1ncnc2c1cnn2[C@@H]1C[C@H](O)[C@@H](CO)O1. The van der Waals surface area contributed by atoms with Crippen LogP contribution in [0.2, 0.25) is 0 Å². The van der Waals surface area contributed by atoms with Gasteiger partial charge in [-0.15, -0.1) is 0 Å². The zero-order chi connectivity index (χ0) is 12.7. The van der Waals surface area contributed by atoms with E-state index < -0.39 is 18.4 Å². The predicted octanol–water partition coefficient (Wildman–Crippen LogP) is -0.951. The second-order valence-corrected chi connectivity index (χ2v) is 4.20. The van der Waals surface area contributed by atoms with Crippen LogP contribution < -0.4 is 5.73 Å². The number of hydrogen-bond acceptors (Lipinski definition) is 7. The van der Waals surface area contributed by atoms with Crippen LogP contribution in [-0.4, -0.2) is 48.8 Å². The van der Waals surface area contributed by atoms with Crippen LogP contribution in [0.15, 0.2) is 12.5 Å². The third kappa shape index (κ3) is 1.62. The Balaban J connectivity index is 1.99. The fourth-order valence-electron chi connectivity index (χ4n) is 2.12. The molecule has 3 atom stereocenters. The van der Waals surface area contributed by atoms with E-state index in [4.69, 9.17) is 15.6 Å². The molecule has 18 heavy (non-hydrogen) atoms. The van der Waals surface area contributed by atoms with E-state index in [1.807, 2.05) is 0 Å². The summed E-state index contributed by atoms with van der Waals surface area (Å²) >= 11 is 0. The Labute approximate surface area is 102 Å². The molecule has 1 fully saturated rings. The van der Waals surface area contributed by atoms with Gasteiger partial charge in [-0.05, 0) is 0 Å². The largest absolute Gasteiger partial charge is 0.394 e. The molecule has 1 aliphatic rings. The quantitative estimate of drug-likeness (QED) is 0.629. The number of aromatic nitrogens is 4. The summed E-state index contributed by atoms with van der Waals surface area (Å²) in [6.45, 7) is -0.228. The second-order valence-electron chi connectivity index (χ2n) is 4.20. The molecule has 0 unspecified atom stereocenters. The van der Waals surface area contributed by atoms with Gasteiger partial charge in [-0.25, -0.2) is 14.6 Å². The average Bonchev–Trinajstić information content (AvgIpc) is 2.93. The van der Waals surface area contributed by atoms with Crippen molar-refractivity contribution in [2.45, 2.75) is 24.9 Å². The van der Waals surface area contributed by atoms with E-state index in [1.165, 1.54) is 6.33 Å². The first-order chi connectivity index (χ1) is 8.70. The fourth-order valence-corrected chi connectivity index (χ4v) is 2.12. The number of nitrogens with zero attached hydrogens (tertiary/aromatic N) is 4. The molecule has 8 heteroatoms. The molecule has 0 bridgehead atoms. The summed E-state index contributed by atoms with van der Waals surface area (Å²) < 4.78 is 7.06. The van der Waals surface area contributed by atoms with Gasteiger partial charge in [0.1, 0.15) is 18.2 Å². The smallest absolute Gasteiger partial charge is 0.165 e. The molecule has 1 saturated heterocycles. The summed E-state index contributed by atoms with van der Waals surface area (Å²) in [5.41, 5.74) is 6.27. The van der Waals surface area contributed by atoms with E-state index in [-0.39, 0.29) is 6.61 Å². The van der Waals surface area contributed by atoms with Crippen molar-refractivity contribution in [1.82, 2.24) is 19.7 Å². The van der Waals surface area contributed by atoms with Crippen LogP contribution in [0.3, 0.4) is 0 Å². The molecule has 2 aromatic rings. The molecule has 0 amide bonds. The number of ether oxygens (including phenoxy) is 1. The van der Waals surface area contributed by atoms with E-state index in [0.717, 1.165) is 0 Å². The Bertz CT molecular complexity index is 572. The normalized spacial score (nSPS) is 28.0. The van der Waals surface area contributed by atoms with Gasteiger partial charge >= 0.3 is 0 Å². The maximum absolute atomic E-state index is 9.70. The van der Waals surface area contributed by atoms with Gasteiger partial charge in [-0.2, -0.15) is 5.10 Å². The maximum atomic E-state index is 9.70. The van der Waals surface area contributed by atoms with Crippen molar-refractivity contribution >= 4 is 16.9 Å². The predicted molar refractivity (Wildman–Crippen MR) is 61.4 cm³/mol. The second kappa shape index (κ2) is 4.16. The number of anilines is 1. The molecule has 96 valence electrons. The first kappa shape index (κ1) is 11.3. The maximum Gasteiger partial charge on any atom is 0.165 e. The van der Waals surface area contributed by atoms with Gasteiger partial charge in [-0.3, -0.25) is 0 Å².